The smallest absolute Gasteiger partial charge is 0.224 e. The van der Waals surface area contributed by atoms with Crippen LogP contribution >= 0.6 is 24.8 Å². The normalized spacial score (nSPS) is 17.4. The average molecular weight is 456 g/mol. The summed E-state index contributed by atoms with van der Waals surface area (Å²) in [5.74, 6) is 2.36. The highest BCUT2D eigenvalue weighted by Crippen LogP contribution is 2.31. The van der Waals surface area contributed by atoms with Gasteiger partial charge in [0.05, 0.1) is 6.61 Å². The molecule has 0 radical (unpaired) electrons. The molecule has 30 heavy (non-hydrogen) atoms. The van der Waals surface area contributed by atoms with Crippen molar-refractivity contribution in [2.45, 2.75) is 39.2 Å². The monoisotopic (exact) mass is 455 g/mol. The lowest BCUT2D eigenvalue weighted by Gasteiger charge is -2.18. The minimum atomic E-state index is 0. The van der Waals surface area contributed by atoms with E-state index in [2.05, 4.69) is 17.2 Å². The van der Waals surface area contributed by atoms with Crippen molar-refractivity contribution in [2.75, 3.05) is 13.2 Å². The largest absolute Gasteiger partial charge is 0.494 e. The van der Waals surface area contributed by atoms with Crippen molar-refractivity contribution in [3.63, 3.8) is 0 Å². The second kappa shape index (κ2) is 13.3. The second-order valence-corrected chi connectivity index (χ2v) is 7.14. The molecule has 3 rings (SSSR count). The molecule has 1 amide bonds. The zero-order chi connectivity index (χ0) is 19.8. The third kappa shape index (κ3) is 7.04. The molecule has 8 heteroatoms. The van der Waals surface area contributed by atoms with E-state index < -0.39 is 0 Å². The van der Waals surface area contributed by atoms with Gasteiger partial charge in [-0.25, -0.2) is 4.98 Å². The van der Waals surface area contributed by atoms with Crippen molar-refractivity contribution in [3.05, 3.63) is 48.2 Å². The predicted molar refractivity (Wildman–Crippen MR) is 123 cm³/mol. The fourth-order valence-corrected chi connectivity index (χ4v) is 3.56. The van der Waals surface area contributed by atoms with Crippen molar-refractivity contribution in [3.8, 4) is 17.4 Å². The Bertz CT molecular complexity index is 774. The van der Waals surface area contributed by atoms with Crippen LogP contribution < -0.4 is 20.5 Å². The van der Waals surface area contributed by atoms with Gasteiger partial charge in [-0.1, -0.05) is 19.4 Å². The van der Waals surface area contributed by atoms with Crippen LogP contribution in [0.1, 0.15) is 38.2 Å². The number of nitrogens with two attached hydrogens (primary N) is 1. The molecule has 1 aliphatic rings. The van der Waals surface area contributed by atoms with Gasteiger partial charge in [-0.3, -0.25) is 4.79 Å². The first kappa shape index (κ1) is 26.0. The molecule has 2 atom stereocenters. The summed E-state index contributed by atoms with van der Waals surface area (Å²) >= 11 is 0. The van der Waals surface area contributed by atoms with Crippen LogP contribution in [0, 0.1) is 11.8 Å². The topological polar surface area (TPSA) is 86.5 Å². The lowest BCUT2D eigenvalue weighted by Crippen LogP contribution is -2.34. The molecule has 0 aliphatic heterocycles. The summed E-state index contributed by atoms with van der Waals surface area (Å²) in [4.78, 5) is 16.9. The highest BCUT2D eigenvalue weighted by atomic mass is 35.5. The molecular formula is C22H31Cl2N3O3. The number of nitrogens with zero attached hydrogens (tertiary/aromatic N) is 1. The quantitative estimate of drug-likeness (QED) is 0.581. The van der Waals surface area contributed by atoms with Gasteiger partial charge in [-0.05, 0) is 62.1 Å². The Morgan fingerprint density at radius 2 is 1.90 bits per heavy atom. The maximum atomic E-state index is 12.5. The van der Waals surface area contributed by atoms with E-state index >= 15 is 0 Å². The van der Waals surface area contributed by atoms with Crippen molar-refractivity contribution < 1.29 is 14.3 Å². The highest BCUT2D eigenvalue weighted by molar-refractivity contribution is 5.85. The average Bonchev–Trinajstić information content (AvgIpc) is 3.21. The Morgan fingerprint density at radius 3 is 2.60 bits per heavy atom. The lowest BCUT2D eigenvalue weighted by atomic mass is 9.95. The van der Waals surface area contributed by atoms with E-state index in [0.29, 0.717) is 31.3 Å². The fraction of sp³-hybridized carbons (Fsp3) is 0.455. The Hall–Kier alpha value is -2.02. The van der Waals surface area contributed by atoms with E-state index in [9.17, 15) is 4.79 Å². The molecular weight excluding hydrogens is 425 g/mol. The maximum Gasteiger partial charge on any atom is 0.224 e. The number of ether oxygens (including phenoxy) is 2. The standard InChI is InChI=1S/C22H29N3O3.2ClH/c1-2-13-27-18-8-10-19(11-9-18)28-22-17(6-4-12-24-22)15-25-21(26)20-7-3-5-16(20)14-23;;/h4,6,8-12,16,20H,2-3,5,7,13-15,23H2,1H3,(H,25,26);2*1H/t16-,20-;;/m1../s1. The first-order chi connectivity index (χ1) is 13.7. The van der Waals surface area contributed by atoms with Gasteiger partial charge in [-0.2, -0.15) is 0 Å². The summed E-state index contributed by atoms with van der Waals surface area (Å²) in [6.07, 6.45) is 5.67. The van der Waals surface area contributed by atoms with Crippen LogP contribution in [-0.4, -0.2) is 24.0 Å². The number of hydrogen-bond donors (Lipinski definition) is 2. The number of halogens is 2. The van der Waals surface area contributed by atoms with Crippen LogP contribution in [0.5, 0.6) is 17.4 Å². The first-order valence-corrected chi connectivity index (χ1v) is 10.0. The Kier molecular flexibility index (Phi) is 11.5. The van der Waals surface area contributed by atoms with Crippen LogP contribution in [0.25, 0.3) is 0 Å². The molecule has 166 valence electrons. The molecule has 1 aliphatic carbocycles. The molecule has 0 unspecified atom stereocenters. The molecule has 1 saturated carbocycles. The van der Waals surface area contributed by atoms with E-state index in [1.807, 2.05) is 36.4 Å². The number of benzene rings is 1. The van der Waals surface area contributed by atoms with Gasteiger partial charge in [0.2, 0.25) is 11.8 Å². The highest BCUT2D eigenvalue weighted by Gasteiger charge is 2.31. The number of nitrogens with one attached hydrogen (secondary N) is 1. The number of hydrogen-bond acceptors (Lipinski definition) is 5. The molecule has 3 N–H and O–H groups in total. The van der Waals surface area contributed by atoms with Crippen molar-refractivity contribution >= 4 is 30.7 Å². The van der Waals surface area contributed by atoms with Crippen molar-refractivity contribution in [2.24, 2.45) is 17.6 Å². The Morgan fingerprint density at radius 1 is 1.17 bits per heavy atom. The van der Waals surface area contributed by atoms with E-state index in [-0.39, 0.29) is 42.6 Å². The summed E-state index contributed by atoms with van der Waals surface area (Å²) in [6, 6.07) is 11.2. The molecule has 1 fully saturated rings. The number of aromatic nitrogens is 1. The zero-order valence-electron chi connectivity index (χ0n) is 17.2. The molecule has 0 bridgehead atoms. The van der Waals surface area contributed by atoms with Crippen LogP contribution in [-0.2, 0) is 11.3 Å². The summed E-state index contributed by atoms with van der Waals surface area (Å²) in [5, 5.41) is 3.03. The SMILES string of the molecule is CCCOc1ccc(Oc2ncccc2CNC(=O)[C@@H]2CCC[C@@H]2CN)cc1.Cl.Cl. The maximum absolute atomic E-state index is 12.5. The molecule has 1 aromatic carbocycles. The van der Waals surface area contributed by atoms with Crippen LogP contribution in [0.15, 0.2) is 42.6 Å². The van der Waals surface area contributed by atoms with Crippen LogP contribution in [0.3, 0.4) is 0 Å². The van der Waals surface area contributed by atoms with Gasteiger partial charge < -0.3 is 20.5 Å². The van der Waals surface area contributed by atoms with E-state index in [4.69, 9.17) is 15.2 Å². The van der Waals surface area contributed by atoms with Crippen molar-refractivity contribution in [1.82, 2.24) is 10.3 Å². The second-order valence-electron chi connectivity index (χ2n) is 7.14. The van der Waals surface area contributed by atoms with Gasteiger partial charge in [0.25, 0.3) is 0 Å². The summed E-state index contributed by atoms with van der Waals surface area (Å²) in [6.45, 7) is 3.71. The van der Waals surface area contributed by atoms with Crippen molar-refractivity contribution in [1.29, 1.82) is 0 Å². The van der Waals surface area contributed by atoms with Gasteiger partial charge in [0.15, 0.2) is 0 Å². The molecule has 2 aromatic rings. The molecule has 1 aromatic heterocycles. The Labute approximate surface area is 190 Å². The molecule has 0 spiro atoms. The zero-order valence-corrected chi connectivity index (χ0v) is 18.8. The third-order valence-corrected chi connectivity index (χ3v) is 5.11. The van der Waals surface area contributed by atoms with Crippen LogP contribution in [0.2, 0.25) is 0 Å². The van der Waals surface area contributed by atoms with E-state index in [0.717, 1.165) is 37.0 Å². The minimum absolute atomic E-state index is 0. The lowest BCUT2D eigenvalue weighted by molar-refractivity contribution is -0.126. The number of pyridine rings is 1. The summed E-state index contributed by atoms with van der Waals surface area (Å²) in [7, 11) is 0. The molecule has 0 saturated heterocycles. The molecule has 6 nitrogen and oxygen atoms in total. The third-order valence-electron chi connectivity index (χ3n) is 5.11. The minimum Gasteiger partial charge on any atom is -0.494 e. The summed E-state index contributed by atoms with van der Waals surface area (Å²) < 4.78 is 11.5. The number of carbonyl (C=O) groups is 1. The first-order valence-electron chi connectivity index (χ1n) is 10.0. The van der Waals surface area contributed by atoms with Gasteiger partial charge >= 0.3 is 0 Å². The Balaban J connectivity index is 0.00000225. The fourth-order valence-electron chi connectivity index (χ4n) is 3.56. The summed E-state index contributed by atoms with van der Waals surface area (Å²) in [5.41, 5.74) is 6.64. The number of carbonyl (C=O) groups excluding carboxylic acids is 1. The van der Waals surface area contributed by atoms with Gasteiger partial charge in [0, 0.05) is 24.2 Å². The number of rotatable bonds is 9. The van der Waals surface area contributed by atoms with Crippen LogP contribution in [0.4, 0.5) is 0 Å². The predicted octanol–water partition coefficient (Wildman–Crippen LogP) is 4.50. The number of amides is 1. The van der Waals surface area contributed by atoms with E-state index in [1.165, 1.54) is 0 Å². The molecule has 1 heterocycles. The van der Waals surface area contributed by atoms with Gasteiger partial charge in [0.1, 0.15) is 11.5 Å². The van der Waals surface area contributed by atoms with Gasteiger partial charge in [-0.15, -0.1) is 24.8 Å². The van der Waals surface area contributed by atoms with E-state index in [1.54, 1.807) is 6.20 Å².